The van der Waals surface area contributed by atoms with Gasteiger partial charge in [-0.2, -0.15) is 13.2 Å². The van der Waals surface area contributed by atoms with E-state index in [0.717, 1.165) is 19.6 Å². The molecular formula is C28H34F4O8. The summed E-state index contributed by atoms with van der Waals surface area (Å²) in [5.41, 5.74) is -2.26. The van der Waals surface area contributed by atoms with Crippen molar-refractivity contribution in [1.82, 2.24) is 0 Å². The minimum absolute atomic E-state index is 0.122. The molecule has 4 rings (SSSR count). The van der Waals surface area contributed by atoms with E-state index < -0.39 is 65.5 Å². The molecule has 222 valence electrons. The summed E-state index contributed by atoms with van der Waals surface area (Å²) in [5.74, 6) is -8.59. The van der Waals surface area contributed by atoms with Crippen LogP contribution in [0.1, 0.15) is 59.3 Å². The van der Waals surface area contributed by atoms with E-state index >= 15 is 4.39 Å². The van der Waals surface area contributed by atoms with E-state index in [1.54, 1.807) is 6.08 Å². The molecule has 0 spiro atoms. The predicted molar refractivity (Wildman–Crippen MR) is 130 cm³/mol. The molecular weight excluding hydrogens is 540 g/mol. The maximum atomic E-state index is 17.0. The number of ether oxygens (including phenoxy) is 4. The molecule has 3 saturated carbocycles. The first-order valence-corrected chi connectivity index (χ1v) is 13.3. The van der Waals surface area contributed by atoms with Crippen molar-refractivity contribution in [2.24, 2.45) is 28.6 Å². The van der Waals surface area contributed by atoms with E-state index in [-0.39, 0.29) is 24.0 Å². The fourth-order valence-electron chi connectivity index (χ4n) is 7.52. The Morgan fingerprint density at radius 2 is 1.75 bits per heavy atom. The van der Waals surface area contributed by atoms with Crippen molar-refractivity contribution in [1.29, 1.82) is 0 Å². The van der Waals surface area contributed by atoms with Gasteiger partial charge in [0, 0.05) is 25.4 Å². The number of allylic oxidation sites excluding steroid dienone is 4. The molecule has 4 aliphatic rings. The number of Topliss-reactive ketones (excluding diaryl/α,β-unsaturated/α-hetero) is 1. The smallest absolute Gasteiger partial charge is 0.453 e. The van der Waals surface area contributed by atoms with Gasteiger partial charge < -0.3 is 18.9 Å². The fraction of sp³-hybridized carbons (Fsp3) is 0.714. The zero-order chi connectivity index (χ0) is 29.7. The number of carbonyl (C=O) groups is 4. The molecule has 12 heteroatoms. The molecule has 0 aromatic rings. The lowest BCUT2D eigenvalue weighted by Crippen LogP contribution is -2.60. The summed E-state index contributed by atoms with van der Waals surface area (Å²) >= 11 is 0. The Morgan fingerprint density at radius 3 is 2.40 bits per heavy atom. The first-order valence-electron chi connectivity index (χ1n) is 13.3. The van der Waals surface area contributed by atoms with E-state index in [1.807, 2.05) is 13.8 Å². The molecule has 7 atom stereocenters. The molecule has 4 aliphatic carbocycles. The summed E-state index contributed by atoms with van der Waals surface area (Å²) in [5, 5.41) is 0. The first kappa shape index (κ1) is 30.4. The number of halogens is 4. The molecule has 0 heterocycles. The summed E-state index contributed by atoms with van der Waals surface area (Å²) in [4.78, 5) is 49.3. The van der Waals surface area contributed by atoms with Crippen LogP contribution in [0, 0.1) is 28.6 Å². The zero-order valence-corrected chi connectivity index (χ0v) is 22.9. The van der Waals surface area contributed by atoms with Gasteiger partial charge >= 0.3 is 23.9 Å². The second-order valence-corrected chi connectivity index (χ2v) is 11.8. The highest BCUT2D eigenvalue weighted by atomic mass is 19.4. The molecule has 40 heavy (non-hydrogen) atoms. The first-order chi connectivity index (χ1) is 18.5. The Kier molecular flexibility index (Phi) is 7.85. The Morgan fingerprint density at radius 1 is 1.05 bits per heavy atom. The van der Waals surface area contributed by atoms with Crippen LogP contribution in [-0.4, -0.2) is 61.6 Å². The van der Waals surface area contributed by atoms with Gasteiger partial charge in [0.15, 0.2) is 25.0 Å². The number of fused-ring (bicyclic) bond motifs is 5. The largest absolute Gasteiger partial charge is 0.491 e. The van der Waals surface area contributed by atoms with Crippen molar-refractivity contribution < 1.29 is 55.7 Å². The number of carbonyl (C=O) groups excluding carboxylic acids is 4. The van der Waals surface area contributed by atoms with Gasteiger partial charge in [-0.3, -0.25) is 9.59 Å². The summed E-state index contributed by atoms with van der Waals surface area (Å²) in [7, 11) is 1.14. The van der Waals surface area contributed by atoms with Gasteiger partial charge in [-0.15, -0.1) is 0 Å². The summed E-state index contributed by atoms with van der Waals surface area (Å²) in [6.07, 6.45) is 2.01. The Hall–Kier alpha value is -2.60. The van der Waals surface area contributed by atoms with Gasteiger partial charge in [-0.25, -0.2) is 14.0 Å². The van der Waals surface area contributed by atoms with Crippen molar-refractivity contribution in [2.75, 3.05) is 20.5 Å². The predicted octanol–water partition coefficient (Wildman–Crippen LogP) is 4.56. The third-order valence-corrected chi connectivity index (χ3v) is 9.74. The lowest BCUT2D eigenvalue weighted by molar-refractivity contribution is -0.274. The molecule has 0 radical (unpaired) electrons. The minimum atomic E-state index is -5.40. The van der Waals surface area contributed by atoms with Crippen molar-refractivity contribution in [3.8, 4) is 0 Å². The van der Waals surface area contributed by atoms with Crippen LogP contribution in [0.25, 0.3) is 0 Å². The number of methoxy groups -OCH3 is 1. The topological polar surface area (TPSA) is 105 Å². The van der Waals surface area contributed by atoms with Crippen LogP contribution >= 0.6 is 0 Å². The molecule has 0 aromatic heterocycles. The van der Waals surface area contributed by atoms with Gasteiger partial charge in [0.25, 0.3) is 0 Å². The molecule has 3 fully saturated rings. The molecule has 1 unspecified atom stereocenters. The number of rotatable bonds is 8. The van der Waals surface area contributed by atoms with Crippen molar-refractivity contribution in [3.63, 3.8) is 0 Å². The zero-order valence-electron chi connectivity index (χ0n) is 22.9. The van der Waals surface area contributed by atoms with E-state index in [2.05, 4.69) is 9.47 Å². The van der Waals surface area contributed by atoms with Gasteiger partial charge in [0.2, 0.25) is 0 Å². The van der Waals surface area contributed by atoms with E-state index in [1.165, 1.54) is 12.2 Å². The highest BCUT2D eigenvalue weighted by Gasteiger charge is 2.67. The van der Waals surface area contributed by atoms with Crippen LogP contribution in [0.5, 0.6) is 0 Å². The number of esters is 2. The van der Waals surface area contributed by atoms with Crippen LogP contribution in [-0.2, 0) is 38.1 Å². The van der Waals surface area contributed by atoms with Gasteiger partial charge in [0.1, 0.15) is 5.67 Å². The second kappa shape index (κ2) is 10.3. The maximum absolute atomic E-state index is 17.0. The molecule has 0 aromatic carbocycles. The number of hydrogen-bond acceptors (Lipinski definition) is 8. The van der Waals surface area contributed by atoms with E-state index in [0.29, 0.717) is 32.1 Å². The second-order valence-electron chi connectivity index (χ2n) is 11.8. The van der Waals surface area contributed by atoms with Crippen molar-refractivity contribution in [2.45, 2.75) is 76.9 Å². The van der Waals surface area contributed by atoms with Crippen LogP contribution in [0.4, 0.5) is 17.6 Å². The van der Waals surface area contributed by atoms with E-state index in [9.17, 15) is 32.3 Å². The van der Waals surface area contributed by atoms with Gasteiger partial charge in [0.05, 0.1) is 0 Å². The van der Waals surface area contributed by atoms with Crippen LogP contribution in [0.2, 0.25) is 0 Å². The molecule has 0 bridgehead atoms. The third kappa shape index (κ3) is 4.91. The number of hydrogen-bond donors (Lipinski definition) is 0. The SMILES string of the molecule is COCOC(C)(OC(=O)C(F)(F)F)C(=O)OCC(=O)[C@H]1CC[C@H]2[C@@H]3CCC4=CC(=O)C=C[C@]4(C)[C@@]3(F)CC[C@]12C. The van der Waals surface area contributed by atoms with Crippen LogP contribution < -0.4 is 0 Å². The van der Waals surface area contributed by atoms with Gasteiger partial charge in [-0.1, -0.05) is 18.6 Å². The highest BCUT2D eigenvalue weighted by molar-refractivity contribution is 6.01. The summed E-state index contributed by atoms with van der Waals surface area (Å²) < 4.78 is 73.9. The molecule has 0 aliphatic heterocycles. The quantitative estimate of drug-likeness (QED) is 0.236. The fourth-order valence-corrected chi connectivity index (χ4v) is 7.52. The van der Waals surface area contributed by atoms with Crippen molar-refractivity contribution in [3.05, 3.63) is 23.8 Å². The number of alkyl halides is 4. The third-order valence-electron chi connectivity index (χ3n) is 9.74. The lowest BCUT2D eigenvalue weighted by atomic mass is 9.46. The minimum Gasteiger partial charge on any atom is -0.453 e. The van der Waals surface area contributed by atoms with Crippen LogP contribution in [0.15, 0.2) is 23.8 Å². The molecule has 8 nitrogen and oxygen atoms in total. The Labute approximate surface area is 229 Å². The molecule has 0 saturated heterocycles. The van der Waals surface area contributed by atoms with Crippen LogP contribution in [0.3, 0.4) is 0 Å². The highest BCUT2D eigenvalue weighted by Crippen LogP contribution is 2.68. The summed E-state index contributed by atoms with van der Waals surface area (Å²) in [6.45, 7) is 3.07. The van der Waals surface area contributed by atoms with Crippen molar-refractivity contribution >= 4 is 23.5 Å². The molecule has 0 N–H and O–H groups in total. The Balaban J connectivity index is 1.46. The Bertz CT molecular complexity index is 1150. The average molecular weight is 575 g/mol. The molecule has 0 amide bonds. The maximum Gasteiger partial charge on any atom is 0.491 e. The summed E-state index contributed by atoms with van der Waals surface area (Å²) in [6, 6.07) is 0. The van der Waals surface area contributed by atoms with E-state index in [4.69, 9.17) is 9.47 Å². The monoisotopic (exact) mass is 574 g/mol. The number of ketones is 2. The standard InChI is InChI=1S/C28H34F4O8/c1-24-11-12-27(29)19(6-5-16-13-17(33)9-10-25(16,27)2)18(24)7-8-20(24)21(34)14-38-22(35)26(3,39-15-37-4)40-23(36)28(30,31)32/h9-10,13,18-20H,5-8,11-12,14-15H2,1-4H3/t18-,19-,20+,24-,25-,26?,27+/m0/s1. The normalized spacial score (nSPS) is 36.5. The average Bonchev–Trinajstić information content (AvgIpc) is 3.23. The lowest BCUT2D eigenvalue weighted by Gasteiger charge is -2.60. The van der Waals surface area contributed by atoms with Gasteiger partial charge in [-0.05, 0) is 74.9 Å².